The predicted molar refractivity (Wildman–Crippen MR) is 135 cm³/mol. The number of hydrogen-bond acceptors (Lipinski definition) is 6. The minimum absolute atomic E-state index is 0.309. The Labute approximate surface area is 204 Å². The van der Waals surface area contributed by atoms with Crippen molar-refractivity contribution in [2.24, 2.45) is 0 Å². The average Bonchev–Trinajstić information content (AvgIpc) is 2.80. The molecule has 0 atom stereocenters. The molecule has 2 aromatic rings. The average molecular weight is 509 g/mol. The Balaban J connectivity index is 1.64. The molecule has 1 aliphatic heterocycles. The molecule has 8 nitrogen and oxygen atoms in total. The van der Waals surface area contributed by atoms with Crippen LogP contribution in [-0.2, 0) is 20.0 Å². The molecule has 1 saturated heterocycles. The molecule has 2 aromatic carbocycles. The highest BCUT2D eigenvalue weighted by molar-refractivity contribution is 7.89. The van der Waals surface area contributed by atoms with E-state index in [0.29, 0.717) is 75.0 Å². The Morgan fingerprint density at radius 2 is 0.912 bits per heavy atom. The molecule has 1 fully saturated rings. The second-order valence-electron chi connectivity index (χ2n) is 8.64. The summed E-state index contributed by atoms with van der Waals surface area (Å²) in [6.45, 7) is 7.60. The van der Waals surface area contributed by atoms with Crippen molar-refractivity contribution in [2.75, 3.05) is 52.4 Å². The number of sulfonamides is 2. The number of nitrogens with zero attached hydrogens (tertiary/aromatic N) is 2. The van der Waals surface area contributed by atoms with E-state index in [1.807, 2.05) is 38.1 Å². The minimum atomic E-state index is -3.57. The van der Waals surface area contributed by atoms with Crippen LogP contribution in [0.1, 0.15) is 24.0 Å². The van der Waals surface area contributed by atoms with Crippen molar-refractivity contribution in [1.82, 2.24) is 19.2 Å². The minimum Gasteiger partial charge on any atom is -0.315 e. The van der Waals surface area contributed by atoms with Gasteiger partial charge in [0, 0.05) is 39.3 Å². The number of nitrogens with one attached hydrogen (secondary N) is 2. The van der Waals surface area contributed by atoms with Crippen LogP contribution in [-0.4, -0.2) is 77.8 Å². The van der Waals surface area contributed by atoms with Gasteiger partial charge in [-0.05, 0) is 64.0 Å². The number of hydrogen-bond donors (Lipinski definition) is 2. The lowest BCUT2D eigenvalue weighted by Crippen LogP contribution is -2.41. The second kappa shape index (κ2) is 12.2. The Hall–Kier alpha value is -1.82. The zero-order valence-corrected chi connectivity index (χ0v) is 21.7. The van der Waals surface area contributed by atoms with E-state index >= 15 is 0 Å². The molecule has 0 saturated carbocycles. The van der Waals surface area contributed by atoms with Gasteiger partial charge in [0.15, 0.2) is 0 Å². The van der Waals surface area contributed by atoms with Crippen LogP contribution < -0.4 is 10.6 Å². The standard InChI is InChI=1S/C24H36N4O4S2/c1-21-5-9-23(10-6-21)33(29,30)27-17-3-13-26-16-20-28(18-4-14-25-15-19-27)34(31,32)24-11-7-22(2)8-12-24/h5-12,25-26H,3-4,13-20H2,1-2H3. The van der Waals surface area contributed by atoms with Gasteiger partial charge in [0.25, 0.3) is 0 Å². The third-order valence-corrected chi connectivity index (χ3v) is 9.74. The molecular weight excluding hydrogens is 472 g/mol. The summed E-state index contributed by atoms with van der Waals surface area (Å²) in [6, 6.07) is 13.9. The van der Waals surface area contributed by atoms with Crippen LogP contribution in [0.2, 0.25) is 0 Å². The van der Waals surface area contributed by atoms with E-state index in [9.17, 15) is 16.8 Å². The van der Waals surface area contributed by atoms with E-state index in [1.54, 1.807) is 24.3 Å². The topological polar surface area (TPSA) is 98.8 Å². The fraction of sp³-hybridized carbons (Fsp3) is 0.500. The van der Waals surface area contributed by atoms with Crippen LogP contribution in [0, 0.1) is 13.8 Å². The van der Waals surface area contributed by atoms with E-state index < -0.39 is 20.0 Å². The first-order chi connectivity index (χ1) is 16.2. The number of rotatable bonds is 4. The van der Waals surface area contributed by atoms with Gasteiger partial charge < -0.3 is 10.6 Å². The van der Waals surface area contributed by atoms with Crippen molar-refractivity contribution >= 4 is 20.0 Å². The normalized spacial score (nSPS) is 18.9. The summed E-state index contributed by atoms with van der Waals surface area (Å²) in [5.74, 6) is 0. The Kier molecular flexibility index (Phi) is 9.64. The fourth-order valence-electron chi connectivity index (χ4n) is 3.84. The smallest absolute Gasteiger partial charge is 0.243 e. The lowest BCUT2D eigenvalue weighted by atomic mass is 10.2. The molecule has 0 amide bonds. The second-order valence-corrected chi connectivity index (χ2v) is 12.5. The quantitative estimate of drug-likeness (QED) is 0.655. The Morgan fingerprint density at radius 1 is 0.559 bits per heavy atom. The summed E-state index contributed by atoms with van der Waals surface area (Å²) in [6.07, 6.45) is 1.27. The summed E-state index contributed by atoms with van der Waals surface area (Å²) in [4.78, 5) is 0.619. The molecule has 0 aliphatic carbocycles. The van der Waals surface area contributed by atoms with Crippen LogP contribution in [0.4, 0.5) is 0 Å². The van der Waals surface area contributed by atoms with E-state index in [1.165, 1.54) is 8.61 Å². The van der Waals surface area contributed by atoms with Gasteiger partial charge in [-0.25, -0.2) is 16.8 Å². The van der Waals surface area contributed by atoms with Gasteiger partial charge in [0.1, 0.15) is 0 Å². The van der Waals surface area contributed by atoms with Gasteiger partial charge in [0.05, 0.1) is 9.79 Å². The highest BCUT2D eigenvalue weighted by Crippen LogP contribution is 2.18. The van der Waals surface area contributed by atoms with Crippen LogP contribution in [0.15, 0.2) is 58.3 Å². The highest BCUT2D eigenvalue weighted by Gasteiger charge is 2.25. The van der Waals surface area contributed by atoms with E-state index in [0.717, 1.165) is 11.1 Å². The molecule has 0 aromatic heterocycles. The van der Waals surface area contributed by atoms with Crippen molar-refractivity contribution in [2.45, 2.75) is 36.5 Å². The van der Waals surface area contributed by atoms with Crippen LogP contribution in [0.3, 0.4) is 0 Å². The van der Waals surface area contributed by atoms with E-state index in [-0.39, 0.29) is 0 Å². The van der Waals surface area contributed by atoms with Crippen molar-refractivity contribution < 1.29 is 16.8 Å². The van der Waals surface area contributed by atoms with Crippen molar-refractivity contribution in [3.05, 3.63) is 59.7 Å². The Bertz CT molecular complexity index is 1010. The van der Waals surface area contributed by atoms with Crippen molar-refractivity contribution in [3.8, 4) is 0 Å². The van der Waals surface area contributed by atoms with Crippen LogP contribution in [0.25, 0.3) is 0 Å². The SMILES string of the molecule is Cc1ccc(S(=O)(=O)N2CCCNCCN(S(=O)(=O)c3ccc(C)cc3)CCCNCC2)cc1. The lowest BCUT2D eigenvalue weighted by molar-refractivity contribution is 0.367. The molecule has 2 N–H and O–H groups in total. The first-order valence-electron chi connectivity index (χ1n) is 11.8. The molecule has 0 bridgehead atoms. The molecule has 0 radical (unpaired) electrons. The van der Waals surface area contributed by atoms with Gasteiger partial charge in [-0.2, -0.15) is 8.61 Å². The number of benzene rings is 2. The first-order valence-corrected chi connectivity index (χ1v) is 14.6. The molecule has 0 unspecified atom stereocenters. The maximum Gasteiger partial charge on any atom is 0.243 e. The van der Waals surface area contributed by atoms with Gasteiger partial charge in [-0.1, -0.05) is 35.4 Å². The summed E-state index contributed by atoms with van der Waals surface area (Å²) >= 11 is 0. The summed E-state index contributed by atoms with van der Waals surface area (Å²) < 4.78 is 55.7. The largest absolute Gasteiger partial charge is 0.315 e. The van der Waals surface area contributed by atoms with Crippen LogP contribution in [0.5, 0.6) is 0 Å². The summed E-state index contributed by atoms with van der Waals surface area (Å²) in [5, 5.41) is 6.56. The van der Waals surface area contributed by atoms with Gasteiger partial charge >= 0.3 is 0 Å². The van der Waals surface area contributed by atoms with Gasteiger partial charge in [-0.3, -0.25) is 0 Å². The molecule has 3 rings (SSSR count). The van der Waals surface area contributed by atoms with Gasteiger partial charge in [-0.15, -0.1) is 0 Å². The third kappa shape index (κ3) is 7.10. The van der Waals surface area contributed by atoms with Gasteiger partial charge in [0.2, 0.25) is 20.0 Å². The zero-order chi connectivity index (χ0) is 24.6. The molecule has 1 aliphatic rings. The predicted octanol–water partition coefficient (Wildman–Crippen LogP) is 1.96. The maximum atomic E-state index is 13.2. The van der Waals surface area contributed by atoms with E-state index in [2.05, 4.69) is 10.6 Å². The molecular formula is C24H36N4O4S2. The molecule has 0 spiro atoms. The van der Waals surface area contributed by atoms with Crippen LogP contribution >= 0.6 is 0 Å². The molecule has 34 heavy (non-hydrogen) atoms. The maximum absolute atomic E-state index is 13.2. The van der Waals surface area contributed by atoms with E-state index in [4.69, 9.17) is 0 Å². The Morgan fingerprint density at radius 3 is 1.26 bits per heavy atom. The first kappa shape index (κ1) is 26.8. The van der Waals surface area contributed by atoms with Crippen molar-refractivity contribution in [3.63, 3.8) is 0 Å². The number of aryl methyl sites for hydroxylation is 2. The molecule has 10 heteroatoms. The fourth-order valence-corrected chi connectivity index (χ4v) is 6.80. The third-order valence-electron chi connectivity index (χ3n) is 5.92. The summed E-state index contributed by atoms with van der Waals surface area (Å²) in [7, 11) is -7.14. The molecule has 1 heterocycles. The highest BCUT2D eigenvalue weighted by atomic mass is 32.2. The summed E-state index contributed by atoms with van der Waals surface area (Å²) in [5.41, 5.74) is 2.04. The molecule has 188 valence electrons. The monoisotopic (exact) mass is 508 g/mol. The zero-order valence-electron chi connectivity index (χ0n) is 20.0. The lowest BCUT2D eigenvalue weighted by Gasteiger charge is -2.25. The van der Waals surface area contributed by atoms with Crippen molar-refractivity contribution in [1.29, 1.82) is 0 Å².